The molecule has 1 fully saturated rings. The van der Waals surface area contributed by atoms with E-state index in [1.54, 1.807) is 12.3 Å². The van der Waals surface area contributed by atoms with Crippen LogP contribution in [0.15, 0.2) is 36.7 Å². The summed E-state index contributed by atoms with van der Waals surface area (Å²) in [6.45, 7) is 3.49. The molecule has 26 heavy (non-hydrogen) atoms. The Hall–Kier alpha value is -2.12. The Labute approximate surface area is 160 Å². The minimum Gasteiger partial charge on any atom is -0.370 e. The zero-order valence-electron chi connectivity index (χ0n) is 14.9. The Kier molecular flexibility index (Phi) is 8.37. The first-order valence-electron chi connectivity index (χ1n) is 9.02. The van der Waals surface area contributed by atoms with E-state index >= 15 is 0 Å². The van der Waals surface area contributed by atoms with Gasteiger partial charge >= 0.3 is 0 Å². The van der Waals surface area contributed by atoms with Crippen LogP contribution in [-0.4, -0.2) is 46.9 Å². The Morgan fingerprint density at radius 2 is 2.15 bits per heavy atom. The summed E-state index contributed by atoms with van der Waals surface area (Å²) >= 11 is 0. The highest BCUT2D eigenvalue weighted by Crippen LogP contribution is 2.15. The molecule has 0 radical (unpaired) electrons. The van der Waals surface area contributed by atoms with Crippen LogP contribution in [0.4, 0.5) is 5.82 Å². The molecule has 1 aliphatic heterocycles. The summed E-state index contributed by atoms with van der Waals surface area (Å²) in [5, 5.41) is 14.0. The molecule has 0 bridgehead atoms. The van der Waals surface area contributed by atoms with Gasteiger partial charge in [0.05, 0.1) is 6.04 Å². The van der Waals surface area contributed by atoms with Crippen molar-refractivity contribution in [1.82, 2.24) is 25.4 Å². The van der Waals surface area contributed by atoms with Crippen molar-refractivity contribution >= 4 is 24.1 Å². The molecular formula is C18H27ClN6O. The summed E-state index contributed by atoms with van der Waals surface area (Å²) < 4.78 is 1.91. The third-order valence-electron chi connectivity index (χ3n) is 4.35. The molecule has 1 saturated heterocycles. The maximum absolute atomic E-state index is 12.2. The van der Waals surface area contributed by atoms with Crippen LogP contribution < -0.4 is 16.0 Å². The molecule has 0 spiro atoms. The van der Waals surface area contributed by atoms with Crippen molar-refractivity contribution in [2.45, 2.75) is 31.7 Å². The zero-order chi connectivity index (χ0) is 17.3. The SMILES string of the molecule is Cl.O=C(NCCCCNc1ccccn1)c1ccn(C2CCCNC2)n1. The van der Waals surface area contributed by atoms with E-state index < -0.39 is 0 Å². The molecule has 1 aliphatic rings. The first-order chi connectivity index (χ1) is 12.3. The average Bonchev–Trinajstić information content (AvgIpc) is 3.16. The van der Waals surface area contributed by atoms with Crippen LogP contribution in [0, 0.1) is 0 Å². The van der Waals surface area contributed by atoms with Gasteiger partial charge in [-0.25, -0.2) is 4.98 Å². The molecule has 2 aromatic heterocycles. The number of hydrogen-bond donors (Lipinski definition) is 3. The molecule has 3 rings (SSSR count). The van der Waals surface area contributed by atoms with Crippen molar-refractivity contribution in [1.29, 1.82) is 0 Å². The Bertz CT molecular complexity index is 657. The summed E-state index contributed by atoms with van der Waals surface area (Å²) in [5.74, 6) is 0.787. The van der Waals surface area contributed by atoms with E-state index in [0.29, 0.717) is 18.3 Å². The summed E-state index contributed by atoms with van der Waals surface area (Å²) in [4.78, 5) is 16.4. The van der Waals surface area contributed by atoms with Gasteiger partial charge in [0.2, 0.25) is 0 Å². The van der Waals surface area contributed by atoms with Crippen molar-refractivity contribution in [2.24, 2.45) is 0 Å². The molecular weight excluding hydrogens is 352 g/mol. The van der Waals surface area contributed by atoms with Gasteiger partial charge in [0, 0.05) is 32.0 Å². The topological polar surface area (TPSA) is 83.9 Å². The maximum Gasteiger partial charge on any atom is 0.271 e. The number of halogens is 1. The van der Waals surface area contributed by atoms with E-state index in [9.17, 15) is 4.79 Å². The highest BCUT2D eigenvalue weighted by Gasteiger charge is 2.17. The molecule has 0 aromatic carbocycles. The standard InChI is InChI=1S/C18H26N6O.ClH/c25-18(16-8-13-24(23-16)15-6-5-9-19-14-15)22-12-4-3-11-21-17-7-1-2-10-20-17;/h1-2,7-8,10,13,15,19H,3-6,9,11-12,14H2,(H,20,21)(H,22,25);1H. The third-order valence-corrected chi connectivity index (χ3v) is 4.35. The van der Waals surface area contributed by atoms with Crippen LogP contribution in [-0.2, 0) is 0 Å². The van der Waals surface area contributed by atoms with Gasteiger partial charge in [0.25, 0.3) is 5.91 Å². The van der Waals surface area contributed by atoms with Crippen molar-refractivity contribution < 1.29 is 4.79 Å². The van der Waals surface area contributed by atoms with E-state index in [1.165, 1.54) is 0 Å². The lowest BCUT2D eigenvalue weighted by Crippen LogP contribution is -2.32. The smallest absolute Gasteiger partial charge is 0.271 e. The molecule has 7 nitrogen and oxygen atoms in total. The number of nitrogens with zero attached hydrogens (tertiary/aromatic N) is 3. The van der Waals surface area contributed by atoms with Gasteiger partial charge < -0.3 is 16.0 Å². The number of nitrogens with one attached hydrogen (secondary N) is 3. The minimum atomic E-state index is -0.0970. The lowest BCUT2D eigenvalue weighted by Gasteiger charge is -2.22. The quantitative estimate of drug-likeness (QED) is 0.613. The second-order valence-corrected chi connectivity index (χ2v) is 6.29. The first-order valence-corrected chi connectivity index (χ1v) is 9.02. The van der Waals surface area contributed by atoms with Crippen molar-refractivity contribution in [2.75, 3.05) is 31.5 Å². The fraction of sp³-hybridized carbons (Fsp3) is 0.500. The van der Waals surface area contributed by atoms with E-state index in [-0.39, 0.29) is 18.3 Å². The number of rotatable bonds is 8. The van der Waals surface area contributed by atoms with Crippen molar-refractivity contribution in [3.8, 4) is 0 Å². The van der Waals surface area contributed by atoms with Gasteiger partial charge in [0.15, 0.2) is 0 Å². The number of pyridine rings is 1. The van der Waals surface area contributed by atoms with Crippen molar-refractivity contribution in [3.63, 3.8) is 0 Å². The molecule has 0 aliphatic carbocycles. The molecule has 1 amide bonds. The van der Waals surface area contributed by atoms with Crippen LogP contribution in [0.25, 0.3) is 0 Å². The Morgan fingerprint density at radius 3 is 2.92 bits per heavy atom. The van der Waals surface area contributed by atoms with Crippen LogP contribution in [0.2, 0.25) is 0 Å². The predicted molar refractivity (Wildman–Crippen MR) is 105 cm³/mol. The number of piperidine rings is 1. The predicted octanol–water partition coefficient (Wildman–Crippen LogP) is 2.25. The molecule has 0 saturated carbocycles. The molecule has 1 unspecified atom stereocenters. The van der Waals surface area contributed by atoms with Gasteiger partial charge in [-0.2, -0.15) is 5.10 Å². The lowest BCUT2D eigenvalue weighted by atomic mass is 10.1. The van der Waals surface area contributed by atoms with E-state index in [1.807, 2.05) is 29.1 Å². The van der Waals surface area contributed by atoms with Gasteiger partial charge in [0.1, 0.15) is 11.5 Å². The summed E-state index contributed by atoms with van der Waals surface area (Å²) in [6, 6.07) is 7.95. The maximum atomic E-state index is 12.2. The molecule has 142 valence electrons. The van der Waals surface area contributed by atoms with Gasteiger partial charge in [-0.1, -0.05) is 6.07 Å². The van der Waals surface area contributed by atoms with Crippen LogP contribution in [0.3, 0.4) is 0 Å². The first kappa shape index (κ1) is 20.2. The number of amides is 1. The largest absolute Gasteiger partial charge is 0.370 e. The average molecular weight is 379 g/mol. The summed E-state index contributed by atoms with van der Waals surface area (Å²) in [5.41, 5.74) is 0.497. The number of aromatic nitrogens is 3. The number of carbonyl (C=O) groups is 1. The second-order valence-electron chi connectivity index (χ2n) is 6.29. The van der Waals surface area contributed by atoms with Crippen molar-refractivity contribution in [3.05, 3.63) is 42.4 Å². The van der Waals surface area contributed by atoms with Gasteiger partial charge in [-0.3, -0.25) is 9.48 Å². The molecule has 2 aromatic rings. The third kappa shape index (κ3) is 6.00. The number of unbranched alkanes of at least 4 members (excludes halogenated alkanes) is 1. The van der Waals surface area contributed by atoms with Crippen LogP contribution in [0.1, 0.15) is 42.2 Å². The normalized spacial score (nSPS) is 16.5. The second kappa shape index (κ2) is 10.8. The molecule has 8 heteroatoms. The Balaban J connectivity index is 0.00000243. The minimum absolute atomic E-state index is 0. The van der Waals surface area contributed by atoms with Gasteiger partial charge in [-0.05, 0) is 50.4 Å². The van der Waals surface area contributed by atoms with Crippen LogP contribution >= 0.6 is 12.4 Å². The zero-order valence-corrected chi connectivity index (χ0v) is 15.7. The Morgan fingerprint density at radius 1 is 1.27 bits per heavy atom. The lowest BCUT2D eigenvalue weighted by molar-refractivity contribution is 0.0946. The fourth-order valence-corrected chi connectivity index (χ4v) is 2.95. The van der Waals surface area contributed by atoms with Gasteiger partial charge in [-0.15, -0.1) is 12.4 Å². The van der Waals surface area contributed by atoms with E-state index in [2.05, 4.69) is 26.0 Å². The highest BCUT2D eigenvalue weighted by molar-refractivity contribution is 5.92. The summed E-state index contributed by atoms with van der Waals surface area (Å²) in [7, 11) is 0. The number of carbonyl (C=O) groups excluding carboxylic acids is 1. The highest BCUT2D eigenvalue weighted by atomic mass is 35.5. The fourth-order valence-electron chi connectivity index (χ4n) is 2.95. The van der Waals surface area contributed by atoms with E-state index in [0.717, 1.165) is 51.1 Å². The molecule has 3 N–H and O–H groups in total. The van der Waals surface area contributed by atoms with E-state index in [4.69, 9.17) is 0 Å². The monoisotopic (exact) mass is 378 g/mol. The number of anilines is 1. The van der Waals surface area contributed by atoms with Crippen LogP contribution in [0.5, 0.6) is 0 Å². The number of hydrogen-bond acceptors (Lipinski definition) is 5. The molecule has 3 heterocycles. The summed E-state index contributed by atoms with van der Waals surface area (Å²) in [6.07, 6.45) is 7.82. The molecule has 1 atom stereocenters.